The summed E-state index contributed by atoms with van der Waals surface area (Å²) in [7, 11) is 0. The Hall–Kier alpha value is -7.56. The fourth-order valence-electron chi connectivity index (χ4n) is 10.5. The van der Waals surface area contributed by atoms with E-state index < -0.39 is 0 Å². The summed E-state index contributed by atoms with van der Waals surface area (Å²) in [6.07, 6.45) is 0. The lowest BCUT2D eigenvalue weighted by Gasteiger charge is -2.44. The van der Waals surface area contributed by atoms with Gasteiger partial charge in [0.2, 0.25) is 0 Å². The molecule has 0 N–H and O–H groups in total. The molecule has 0 radical (unpaired) electrons. The highest BCUT2D eigenvalue weighted by molar-refractivity contribution is 7.00. The van der Waals surface area contributed by atoms with Gasteiger partial charge in [0.25, 0.3) is 6.71 Å². The first-order chi connectivity index (χ1) is 32.0. The Bertz CT molecular complexity index is 3480. The maximum Gasteiger partial charge on any atom is 0.252 e. The van der Waals surface area contributed by atoms with Crippen LogP contribution < -0.4 is 26.2 Å². The maximum absolute atomic E-state index is 6.40. The summed E-state index contributed by atoms with van der Waals surface area (Å²) in [5.41, 5.74) is 22.7. The zero-order valence-electron chi connectivity index (χ0n) is 38.4. The molecular weight excluding hydrogens is 800 g/mol. The molecule has 66 heavy (non-hydrogen) atoms. The number of rotatable bonds is 5. The second-order valence-corrected chi connectivity index (χ2v) is 20.2. The molecule has 12 rings (SSSR count). The highest BCUT2D eigenvalue weighted by atomic mass is 16.3. The van der Waals surface area contributed by atoms with Gasteiger partial charge in [-0.2, -0.15) is 0 Å². The fraction of sp³-hybridized carbons (Fsp3) is 0.129. The number of furan rings is 1. The van der Waals surface area contributed by atoms with Gasteiger partial charge in [-0.1, -0.05) is 187 Å². The fourth-order valence-corrected chi connectivity index (χ4v) is 10.5. The molecule has 0 saturated heterocycles. The molecule has 0 aliphatic carbocycles. The van der Waals surface area contributed by atoms with Gasteiger partial charge in [-0.25, -0.2) is 0 Å². The zero-order valence-corrected chi connectivity index (χ0v) is 38.4. The van der Waals surface area contributed by atoms with Crippen LogP contribution in [0.5, 0.6) is 0 Å². The van der Waals surface area contributed by atoms with Gasteiger partial charge in [0, 0.05) is 50.5 Å². The molecule has 3 nitrogen and oxygen atoms in total. The number of fused-ring (bicyclic) bond motifs is 7. The highest BCUT2D eigenvalue weighted by Gasteiger charge is 2.43. The summed E-state index contributed by atoms with van der Waals surface area (Å²) in [5, 5.41) is 2.29. The van der Waals surface area contributed by atoms with E-state index in [1.165, 1.54) is 72.5 Å². The van der Waals surface area contributed by atoms with Crippen LogP contribution in [0.3, 0.4) is 0 Å². The number of hydrogen-bond acceptors (Lipinski definition) is 3. The Morgan fingerprint density at radius 1 is 0.379 bits per heavy atom. The van der Waals surface area contributed by atoms with E-state index in [1.807, 2.05) is 12.1 Å². The Kier molecular flexibility index (Phi) is 9.09. The summed E-state index contributed by atoms with van der Waals surface area (Å²) >= 11 is 0. The first-order valence-electron chi connectivity index (χ1n) is 23.3. The van der Waals surface area contributed by atoms with Crippen molar-refractivity contribution < 1.29 is 4.42 Å². The van der Waals surface area contributed by atoms with Gasteiger partial charge < -0.3 is 14.2 Å². The van der Waals surface area contributed by atoms with Crippen molar-refractivity contribution in [1.29, 1.82) is 0 Å². The van der Waals surface area contributed by atoms with Crippen LogP contribution in [-0.2, 0) is 10.8 Å². The molecule has 9 aromatic carbocycles. The van der Waals surface area contributed by atoms with E-state index in [0.717, 1.165) is 44.4 Å². The third kappa shape index (κ3) is 6.50. The van der Waals surface area contributed by atoms with Crippen LogP contribution in [0, 0.1) is 0 Å². The van der Waals surface area contributed by atoms with E-state index in [4.69, 9.17) is 4.42 Å². The van der Waals surface area contributed by atoms with Crippen molar-refractivity contribution in [1.82, 2.24) is 0 Å². The van der Waals surface area contributed by atoms with Crippen LogP contribution in [0.25, 0.3) is 55.3 Å². The molecule has 3 heterocycles. The summed E-state index contributed by atoms with van der Waals surface area (Å²) in [6.45, 7) is 13.8. The van der Waals surface area contributed by atoms with Crippen molar-refractivity contribution in [3.8, 4) is 33.4 Å². The second-order valence-electron chi connectivity index (χ2n) is 20.2. The van der Waals surface area contributed by atoms with Gasteiger partial charge in [0.15, 0.2) is 0 Å². The smallest absolute Gasteiger partial charge is 0.252 e. The number of benzene rings is 9. The monoisotopic (exact) mass is 850 g/mol. The molecule has 0 amide bonds. The van der Waals surface area contributed by atoms with Crippen molar-refractivity contribution in [3.05, 3.63) is 211 Å². The number of nitrogens with zero attached hydrogens (tertiary/aromatic N) is 2. The molecule has 0 fully saturated rings. The quantitative estimate of drug-likeness (QED) is 0.161. The molecule has 10 aromatic rings. The lowest BCUT2D eigenvalue weighted by Crippen LogP contribution is -2.61. The second kappa shape index (κ2) is 15.0. The van der Waals surface area contributed by atoms with Gasteiger partial charge in [-0.15, -0.1) is 0 Å². The minimum atomic E-state index is -0.0320. The van der Waals surface area contributed by atoms with E-state index in [1.54, 1.807) is 0 Å². The minimum absolute atomic E-state index is 0.0310. The molecule has 4 heteroatoms. The van der Waals surface area contributed by atoms with Gasteiger partial charge in [-0.3, -0.25) is 0 Å². The first-order valence-corrected chi connectivity index (χ1v) is 23.3. The van der Waals surface area contributed by atoms with Crippen LogP contribution in [0.15, 0.2) is 205 Å². The number of para-hydroxylation sites is 2. The van der Waals surface area contributed by atoms with Crippen LogP contribution in [0.4, 0.5) is 34.1 Å². The summed E-state index contributed by atoms with van der Waals surface area (Å²) in [5.74, 6) is 0. The lowest BCUT2D eigenvalue weighted by molar-refractivity contribution is 0.590. The predicted octanol–water partition coefficient (Wildman–Crippen LogP) is 15.3. The topological polar surface area (TPSA) is 19.6 Å². The molecule has 0 unspecified atom stereocenters. The number of hydrogen-bond donors (Lipinski definition) is 0. The molecule has 318 valence electrons. The predicted molar refractivity (Wildman–Crippen MR) is 281 cm³/mol. The van der Waals surface area contributed by atoms with Gasteiger partial charge in [0.05, 0.1) is 0 Å². The van der Waals surface area contributed by atoms with Crippen molar-refractivity contribution in [3.63, 3.8) is 0 Å². The largest absolute Gasteiger partial charge is 0.455 e. The zero-order chi connectivity index (χ0) is 44.9. The molecule has 2 aliphatic heterocycles. The average molecular weight is 851 g/mol. The van der Waals surface area contributed by atoms with Crippen molar-refractivity contribution in [2.75, 3.05) is 9.80 Å². The third-order valence-corrected chi connectivity index (χ3v) is 14.0. The minimum Gasteiger partial charge on any atom is -0.455 e. The maximum atomic E-state index is 6.40. The van der Waals surface area contributed by atoms with E-state index in [0.29, 0.717) is 0 Å². The van der Waals surface area contributed by atoms with E-state index in [-0.39, 0.29) is 17.5 Å². The van der Waals surface area contributed by atoms with Gasteiger partial charge in [0.1, 0.15) is 11.2 Å². The summed E-state index contributed by atoms with van der Waals surface area (Å²) < 4.78 is 6.40. The first kappa shape index (κ1) is 40.0. The average Bonchev–Trinajstić information content (AvgIpc) is 3.73. The van der Waals surface area contributed by atoms with Crippen LogP contribution >= 0.6 is 0 Å². The van der Waals surface area contributed by atoms with E-state index in [2.05, 4.69) is 239 Å². The van der Waals surface area contributed by atoms with Crippen LogP contribution in [0.2, 0.25) is 0 Å². The Balaban J connectivity index is 0.991. The normalized spacial score (nSPS) is 13.2. The third-order valence-electron chi connectivity index (χ3n) is 14.0. The lowest BCUT2D eigenvalue weighted by atomic mass is 9.33. The van der Waals surface area contributed by atoms with Gasteiger partial charge >= 0.3 is 0 Å². The van der Waals surface area contributed by atoms with E-state index in [9.17, 15) is 0 Å². The molecule has 2 aliphatic rings. The molecule has 0 saturated carbocycles. The Labute approximate surface area is 388 Å². The van der Waals surface area contributed by atoms with E-state index >= 15 is 0 Å². The summed E-state index contributed by atoms with van der Waals surface area (Å²) in [6, 6.07) is 74.1. The number of anilines is 6. The molecule has 0 atom stereocenters. The Morgan fingerprint density at radius 2 is 0.924 bits per heavy atom. The standard InChI is InChI=1S/C62H51BN2O/c1-61(2,3)45-29-34-48(35-30-45)64-54-37-28-44(40-14-8-7-9-15-40)38-53(54)63-52-36-31-46(62(4,5)6)39-57(52)65(56-20-13-19-55(64)59(56)63)47-32-26-42(27-33-47)41-22-24-43(25-23-41)49-17-12-18-51-50-16-10-11-21-58(50)66-60(49)51/h7-39H,1-6H3. The SMILES string of the molecule is CC(C)(C)c1ccc(N2c3ccc(-c4ccccc4)cc3B3c4ccc(C(C)(C)C)cc4N(c4ccc(-c5ccc(-c6cccc7c6oc6ccccc67)cc5)cc4)c4cccc2c43)cc1. The summed E-state index contributed by atoms with van der Waals surface area (Å²) in [4.78, 5) is 5.02. The highest BCUT2D eigenvalue weighted by Crippen LogP contribution is 2.46. The van der Waals surface area contributed by atoms with Crippen molar-refractivity contribution in [2.24, 2.45) is 0 Å². The van der Waals surface area contributed by atoms with Crippen molar-refractivity contribution >= 4 is 79.2 Å². The van der Waals surface area contributed by atoms with Crippen LogP contribution in [-0.4, -0.2) is 6.71 Å². The molecule has 1 aromatic heterocycles. The van der Waals surface area contributed by atoms with Gasteiger partial charge in [-0.05, 0) is 121 Å². The van der Waals surface area contributed by atoms with Crippen molar-refractivity contribution in [2.45, 2.75) is 52.4 Å². The molecular formula is C62H51BN2O. The Morgan fingerprint density at radius 3 is 1.62 bits per heavy atom. The molecule has 0 spiro atoms. The molecule has 0 bridgehead atoms. The van der Waals surface area contributed by atoms with Crippen LogP contribution in [0.1, 0.15) is 52.7 Å².